The standard InChI is InChI=1S/C15H26N2O/c1-11(2)9-17(14-5-6-14)10-13-7-15(8-16-4)18-12(13)3/h7,11,14,16H,5-6,8-10H2,1-4H3. The summed E-state index contributed by atoms with van der Waals surface area (Å²) in [6, 6.07) is 3.02. The van der Waals surface area contributed by atoms with Gasteiger partial charge in [0.2, 0.25) is 0 Å². The summed E-state index contributed by atoms with van der Waals surface area (Å²) in [5.74, 6) is 2.86. The minimum Gasteiger partial charge on any atom is -0.465 e. The van der Waals surface area contributed by atoms with Crippen LogP contribution in [0.3, 0.4) is 0 Å². The number of aryl methyl sites for hydroxylation is 1. The van der Waals surface area contributed by atoms with Gasteiger partial charge in [-0.05, 0) is 38.8 Å². The summed E-state index contributed by atoms with van der Waals surface area (Å²) in [5.41, 5.74) is 1.35. The third-order valence-corrected chi connectivity index (χ3v) is 3.46. The van der Waals surface area contributed by atoms with Gasteiger partial charge in [0.05, 0.1) is 6.54 Å². The van der Waals surface area contributed by atoms with Crippen molar-refractivity contribution in [3.05, 3.63) is 23.2 Å². The van der Waals surface area contributed by atoms with Crippen molar-refractivity contribution in [2.75, 3.05) is 13.6 Å². The van der Waals surface area contributed by atoms with Crippen LogP contribution in [0.5, 0.6) is 0 Å². The van der Waals surface area contributed by atoms with Crippen LogP contribution in [0, 0.1) is 12.8 Å². The predicted octanol–water partition coefficient (Wildman–Crippen LogP) is 2.93. The average molecular weight is 250 g/mol. The molecule has 3 heteroatoms. The second-order valence-electron chi connectivity index (χ2n) is 5.88. The molecule has 1 heterocycles. The molecule has 1 aliphatic carbocycles. The molecule has 1 aliphatic rings. The number of nitrogens with zero attached hydrogens (tertiary/aromatic N) is 1. The van der Waals surface area contributed by atoms with E-state index < -0.39 is 0 Å². The molecule has 0 aromatic carbocycles. The summed E-state index contributed by atoms with van der Waals surface area (Å²) in [6.07, 6.45) is 2.74. The molecule has 0 atom stereocenters. The van der Waals surface area contributed by atoms with Gasteiger partial charge >= 0.3 is 0 Å². The first kappa shape index (κ1) is 13.6. The Morgan fingerprint density at radius 2 is 2.17 bits per heavy atom. The van der Waals surface area contributed by atoms with Crippen molar-refractivity contribution in [1.29, 1.82) is 0 Å². The number of rotatable bonds is 7. The van der Waals surface area contributed by atoms with Gasteiger partial charge < -0.3 is 9.73 Å². The summed E-state index contributed by atoms with van der Waals surface area (Å²) < 4.78 is 5.77. The van der Waals surface area contributed by atoms with E-state index in [0.29, 0.717) is 0 Å². The Morgan fingerprint density at radius 1 is 1.44 bits per heavy atom. The SMILES string of the molecule is CNCc1cc(CN(CC(C)C)C2CC2)c(C)o1. The number of hydrogen-bond donors (Lipinski definition) is 1. The highest BCUT2D eigenvalue weighted by atomic mass is 16.3. The highest BCUT2D eigenvalue weighted by molar-refractivity contribution is 5.21. The van der Waals surface area contributed by atoms with E-state index in [1.165, 1.54) is 24.9 Å². The normalized spacial score (nSPS) is 15.9. The van der Waals surface area contributed by atoms with Crippen molar-refractivity contribution < 1.29 is 4.42 Å². The molecule has 0 radical (unpaired) electrons. The summed E-state index contributed by atoms with van der Waals surface area (Å²) in [6.45, 7) is 9.72. The van der Waals surface area contributed by atoms with Crippen LogP contribution in [-0.2, 0) is 13.1 Å². The first-order valence-electron chi connectivity index (χ1n) is 7.07. The minimum absolute atomic E-state index is 0.731. The summed E-state index contributed by atoms with van der Waals surface area (Å²) in [5, 5.41) is 3.14. The molecular weight excluding hydrogens is 224 g/mol. The van der Waals surface area contributed by atoms with Gasteiger partial charge in [-0.3, -0.25) is 4.90 Å². The van der Waals surface area contributed by atoms with Gasteiger partial charge in [0, 0.05) is 24.7 Å². The van der Waals surface area contributed by atoms with E-state index in [1.807, 2.05) is 7.05 Å². The van der Waals surface area contributed by atoms with E-state index in [-0.39, 0.29) is 0 Å². The minimum atomic E-state index is 0.731. The summed E-state index contributed by atoms with van der Waals surface area (Å²) in [4.78, 5) is 2.62. The second-order valence-corrected chi connectivity index (χ2v) is 5.88. The maximum Gasteiger partial charge on any atom is 0.118 e. The van der Waals surface area contributed by atoms with E-state index in [1.54, 1.807) is 0 Å². The van der Waals surface area contributed by atoms with E-state index in [9.17, 15) is 0 Å². The van der Waals surface area contributed by atoms with Gasteiger partial charge in [-0.15, -0.1) is 0 Å². The van der Waals surface area contributed by atoms with Crippen LogP contribution >= 0.6 is 0 Å². The van der Waals surface area contributed by atoms with Gasteiger partial charge in [0.25, 0.3) is 0 Å². The third-order valence-electron chi connectivity index (χ3n) is 3.46. The van der Waals surface area contributed by atoms with Crippen molar-refractivity contribution >= 4 is 0 Å². The Balaban J connectivity index is 2.01. The molecule has 1 N–H and O–H groups in total. The summed E-state index contributed by atoms with van der Waals surface area (Å²) in [7, 11) is 1.95. The lowest BCUT2D eigenvalue weighted by molar-refractivity contribution is 0.225. The molecule has 0 amide bonds. The Hall–Kier alpha value is -0.800. The number of nitrogens with one attached hydrogen (secondary N) is 1. The molecule has 1 saturated carbocycles. The van der Waals surface area contributed by atoms with Crippen molar-refractivity contribution in [3.8, 4) is 0 Å². The quantitative estimate of drug-likeness (QED) is 0.806. The van der Waals surface area contributed by atoms with Crippen LogP contribution in [0.4, 0.5) is 0 Å². The summed E-state index contributed by atoms with van der Waals surface area (Å²) >= 11 is 0. The van der Waals surface area contributed by atoms with Crippen LogP contribution in [0.15, 0.2) is 10.5 Å². The fourth-order valence-electron chi connectivity index (χ4n) is 2.48. The Bertz CT molecular complexity index is 380. The average Bonchev–Trinajstić information content (AvgIpc) is 3.05. The highest BCUT2D eigenvalue weighted by Crippen LogP contribution is 2.30. The van der Waals surface area contributed by atoms with Gasteiger partial charge in [-0.1, -0.05) is 13.8 Å². The molecule has 0 saturated heterocycles. The Kier molecular flexibility index (Phi) is 4.46. The van der Waals surface area contributed by atoms with Crippen molar-refractivity contribution in [2.45, 2.75) is 52.7 Å². The molecule has 0 spiro atoms. The van der Waals surface area contributed by atoms with Gasteiger partial charge in [0.1, 0.15) is 11.5 Å². The Morgan fingerprint density at radius 3 is 2.72 bits per heavy atom. The Labute approximate surface area is 111 Å². The van der Waals surface area contributed by atoms with Crippen LogP contribution in [0.25, 0.3) is 0 Å². The van der Waals surface area contributed by atoms with Gasteiger partial charge in [0.15, 0.2) is 0 Å². The van der Waals surface area contributed by atoms with Crippen LogP contribution in [0.2, 0.25) is 0 Å². The third kappa shape index (κ3) is 3.59. The first-order valence-corrected chi connectivity index (χ1v) is 7.07. The number of furan rings is 1. The van der Waals surface area contributed by atoms with E-state index in [2.05, 4.69) is 37.1 Å². The lowest BCUT2D eigenvalue weighted by atomic mass is 10.1. The van der Waals surface area contributed by atoms with Crippen molar-refractivity contribution in [2.24, 2.45) is 5.92 Å². The fourth-order valence-corrected chi connectivity index (χ4v) is 2.48. The zero-order valence-electron chi connectivity index (χ0n) is 12.1. The fraction of sp³-hybridized carbons (Fsp3) is 0.733. The van der Waals surface area contributed by atoms with E-state index in [4.69, 9.17) is 4.42 Å². The van der Waals surface area contributed by atoms with E-state index >= 15 is 0 Å². The van der Waals surface area contributed by atoms with Gasteiger partial charge in [-0.2, -0.15) is 0 Å². The molecule has 102 valence electrons. The molecule has 0 unspecified atom stereocenters. The highest BCUT2D eigenvalue weighted by Gasteiger charge is 2.29. The predicted molar refractivity (Wildman–Crippen MR) is 74.5 cm³/mol. The molecule has 1 fully saturated rings. The molecule has 1 aromatic heterocycles. The molecule has 3 nitrogen and oxygen atoms in total. The van der Waals surface area contributed by atoms with Crippen LogP contribution in [0.1, 0.15) is 43.8 Å². The van der Waals surface area contributed by atoms with Crippen LogP contribution in [-0.4, -0.2) is 24.5 Å². The monoisotopic (exact) mass is 250 g/mol. The molecule has 1 aromatic rings. The zero-order valence-corrected chi connectivity index (χ0v) is 12.1. The molecule has 18 heavy (non-hydrogen) atoms. The van der Waals surface area contributed by atoms with Gasteiger partial charge in [-0.25, -0.2) is 0 Å². The van der Waals surface area contributed by atoms with Crippen LogP contribution < -0.4 is 5.32 Å². The second kappa shape index (κ2) is 5.89. The van der Waals surface area contributed by atoms with Crippen molar-refractivity contribution in [1.82, 2.24) is 10.2 Å². The molecular formula is C15H26N2O. The largest absolute Gasteiger partial charge is 0.465 e. The first-order chi connectivity index (χ1) is 8.60. The smallest absolute Gasteiger partial charge is 0.118 e. The maximum absolute atomic E-state index is 5.77. The topological polar surface area (TPSA) is 28.4 Å². The zero-order chi connectivity index (χ0) is 13.1. The maximum atomic E-state index is 5.77. The molecule has 0 aliphatic heterocycles. The van der Waals surface area contributed by atoms with E-state index in [0.717, 1.165) is 36.6 Å². The molecule has 0 bridgehead atoms. The lowest BCUT2D eigenvalue weighted by Crippen LogP contribution is -2.29. The lowest BCUT2D eigenvalue weighted by Gasteiger charge is -2.23. The van der Waals surface area contributed by atoms with Crippen molar-refractivity contribution in [3.63, 3.8) is 0 Å². The molecule has 2 rings (SSSR count). The number of hydrogen-bond acceptors (Lipinski definition) is 3.